The Hall–Kier alpha value is -0.560. The van der Waals surface area contributed by atoms with Crippen molar-refractivity contribution in [3.63, 3.8) is 0 Å². The highest BCUT2D eigenvalue weighted by Crippen LogP contribution is 2.21. The maximum absolute atomic E-state index is 9.39. The van der Waals surface area contributed by atoms with Crippen LogP contribution in [0.2, 0.25) is 0 Å². The molecule has 0 aromatic heterocycles. The average molecular weight is 152 g/mol. The first-order valence-corrected chi connectivity index (χ1v) is 4.36. The van der Waals surface area contributed by atoms with E-state index in [-0.39, 0.29) is 6.10 Å². The lowest BCUT2D eigenvalue weighted by atomic mass is 10.1. The molecule has 0 fully saturated rings. The van der Waals surface area contributed by atoms with Gasteiger partial charge in [0.1, 0.15) is 0 Å². The molecule has 0 heterocycles. The molecule has 0 aromatic rings. The highest BCUT2D eigenvalue weighted by Gasteiger charge is 2.13. The number of aliphatic hydroxyl groups is 1. The van der Waals surface area contributed by atoms with E-state index < -0.39 is 0 Å². The summed E-state index contributed by atoms with van der Waals surface area (Å²) in [4.78, 5) is 0. The van der Waals surface area contributed by atoms with Crippen molar-refractivity contribution >= 4 is 0 Å². The fourth-order valence-electron chi connectivity index (χ4n) is 1.35. The van der Waals surface area contributed by atoms with Gasteiger partial charge in [0, 0.05) is 0 Å². The number of hydrogen-bond donors (Lipinski definition) is 1. The molecule has 1 heteroatoms. The van der Waals surface area contributed by atoms with E-state index in [1.54, 1.807) is 0 Å². The van der Waals surface area contributed by atoms with E-state index >= 15 is 0 Å². The summed E-state index contributed by atoms with van der Waals surface area (Å²) < 4.78 is 0. The Kier molecular flexibility index (Phi) is 3.37. The molecule has 11 heavy (non-hydrogen) atoms. The molecule has 0 aromatic carbocycles. The second-order valence-electron chi connectivity index (χ2n) is 2.96. The van der Waals surface area contributed by atoms with Crippen molar-refractivity contribution in [1.29, 1.82) is 0 Å². The summed E-state index contributed by atoms with van der Waals surface area (Å²) in [7, 11) is 0. The van der Waals surface area contributed by atoms with E-state index in [2.05, 4.69) is 25.2 Å². The largest absolute Gasteiger partial charge is 0.389 e. The molecule has 0 aliphatic heterocycles. The summed E-state index contributed by atoms with van der Waals surface area (Å²) in [5.74, 6) is 0. The third-order valence-electron chi connectivity index (χ3n) is 2.03. The van der Waals surface area contributed by atoms with Crippen LogP contribution in [0.25, 0.3) is 0 Å². The molecule has 0 radical (unpaired) electrons. The topological polar surface area (TPSA) is 20.2 Å². The normalized spacial score (nSPS) is 24.5. The van der Waals surface area contributed by atoms with Gasteiger partial charge in [-0.15, -0.1) is 0 Å². The van der Waals surface area contributed by atoms with Crippen molar-refractivity contribution in [2.45, 2.75) is 38.7 Å². The van der Waals surface area contributed by atoms with Crippen molar-refractivity contribution < 1.29 is 5.11 Å². The molecule has 0 saturated heterocycles. The standard InChI is InChI=1S/C10H16O/c1-2-3-4-6-9-7-5-8-10(9)11/h3-4,7,10-11H,2,5-6,8H2,1H3. The molecule has 0 amide bonds. The molecule has 1 nitrogen and oxygen atoms in total. The fraction of sp³-hybridized carbons (Fsp3) is 0.600. The van der Waals surface area contributed by atoms with Gasteiger partial charge in [-0.3, -0.25) is 0 Å². The first-order chi connectivity index (χ1) is 5.34. The number of rotatable bonds is 3. The molecule has 62 valence electrons. The molecule has 1 atom stereocenters. The third-order valence-corrected chi connectivity index (χ3v) is 2.03. The first-order valence-electron chi connectivity index (χ1n) is 4.36. The minimum Gasteiger partial charge on any atom is -0.389 e. The van der Waals surface area contributed by atoms with E-state index in [1.807, 2.05) is 0 Å². The van der Waals surface area contributed by atoms with E-state index in [1.165, 1.54) is 5.57 Å². The van der Waals surface area contributed by atoms with Crippen molar-refractivity contribution in [3.8, 4) is 0 Å². The van der Waals surface area contributed by atoms with Crippen LogP contribution in [-0.2, 0) is 0 Å². The zero-order chi connectivity index (χ0) is 8.10. The van der Waals surface area contributed by atoms with Gasteiger partial charge in [0.05, 0.1) is 6.10 Å². The SMILES string of the molecule is CCC=CCC1=CCCC1O. The molecular formula is C10H16O. The Morgan fingerprint density at radius 3 is 3.00 bits per heavy atom. The predicted molar refractivity (Wildman–Crippen MR) is 47.4 cm³/mol. The van der Waals surface area contributed by atoms with Crippen LogP contribution in [0.15, 0.2) is 23.8 Å². The van der Waals surface area contributed by atoms with Gasteiger partial charge in [0.15, 0.2) is 0 Å². The Bertz CT molecular complexity index is 168. The molecule has 1 N–H and O–H groups in total. The van der Waals surface area contributed by atoms with Gasteiger partial charge >= 0.3 is 0 Å². The Morgan fingerprint density at radius 2 is 2.45 bits per heavy atom. The number of allylic oxidation sites excluding steroid dienone is 3. The quantitative estimate of drug-likeness (QED) is 0.616. The van der Waals surface area contributed by atoms with Crippen molar-refractivity contribution in [3.05, 3.63) is 23.8 Å². The third kappa shape index (κ3) is 2.51. The van der Waals surface area contributed by atoms with Gasteiger partial charge in [-0.25, -0.2) is 0 Å². The molecule has 1 unspecified atom stereocenters. The summed E-state index contributed by atoms with van der Waals surface area (Å²) in [6.07, 6.45) is 10.3. The van der Waals surface area contributed by atoms with Crippen LogP contribution in [-0.4, -0.2) is 11.2 Å². The van der Waals surface area contributed by atoms with Crippen LogP contribution in [0.3, 0.4) is 0 Å². The summed E-state index contributed by atoms with van der Waals surface area (Å²) in [5.41, 5.74) is 1.20. The summed E-state index contributed by atoms with van der Waals surface area (Å²) in [6.45, 7) is 2.12. The van der Waals surface area contributed by atoms with Crippen molar-refractivity contribution in [2.75, 3.05) is 0 Å². The molecule has 1 aliphatic carbocycles. The molecule has 0 saturated carbocycles. The lowest BCUT2D eigenvalue weighted by Crippen LogP contribution is -2.03. The maximum atomic E-state index is 9.39. The number of aliphatic hydroxyl groups excluding tert-OH is 1. The summed E-state index contributed by atoms with van der Waals surface area (Å²) >= 11 is 0. The Labute approximate surface area is 68.4 Å². The highest BCUT2D eigenvalue weighted by molar-refractivity contribution is 5.16. The highest BCUT2D eigenvalue weighted by atomic mass is 16.3. The summed E-state index contributed by atoms with van der Waals surface area (Å²) in [6, 6.07) is 0. The summed E-state index contributed by atoms with van der Waals surface area (Å²) in [5, 5.41) is 9.39. The fourth-order valence-corrected chi connectivity index (χ4v) is 1.35. The van der Waals surface area contributed by atoms with Crippen LogP contribution in [0.5, 0.6) is 0 Å². The van der Waals surface area contributed by atoms with E-state index in [0.29, 0.717) is 0 Å². The smallest absolute Gasteiger partial charge is 0.0756 e. The van der Waals surface area contributed by atoms with Gasteiger partial charge in [0.25, 0.3) is 0 Å². The van der Waals surface area contributed by atoms with Crippen LogP contribution < -0.4 is 0 Å². The molecule has 1 aliphatic rings. The minimum absolute atomic E-state index is 0.156. The predicted octanol–water partition coefficient (Wildman–Crippen LogP) is 2.42. The van der Waals surface area contributed by atoms with Crippen LogP contribution in [0.1, 0.15) is 32.6 Å². The van der Waals surface area contributed by atoms with Crippen molar-refractivity contribution in [1.82, 2.24) is 0 Å². The van der Waals surface area contributed by atoms with Gasteiger partial charge in [-0.2, -0.15) is 0 Å². The number of hydrogen-bond acceptors (Lipinski definition) is 1. The lowest BCUT2D eigenvalue weighted by molar-refractivity contribution is 0.210. The van der Waals surface area contributed by atoms with E-state index in [0.717, 1.165) is 25.7 Å². The van der Waals surface area contributed by atoms with Gasteiger partial charge in [-0.1, -0.05) is 25.2 Å². The van der Waals surface area contributed by atoms with Gasteiger partial charge in [0.2, 0.25) is 0 Å². The Morgan fingerprint density at radius 1 is 1.64 bits per heavy atom. The molecule has 0 spiro atoms. The van der Waals surface area contributed by atoms with Crippen LogP contribution >= 0.6 is 0 Å². The van der Waals surface area contributed by atoms with Crippen LogP contribution in [0.4, 0.5) is 0 Å². The van der Waals surface area contributed by atoms with Crippen molar-refractivity contribution in [2.24, 2.45) is 0 Å². The van der Waals surface area contributed by atoms with E-state index in [9.17, 15) is 5.11 Å². The monoisotopic (exact) mass is 152 g/mol. The zero-order valence-electron chi connectivity index (χ0n) is 7.09. The lowest BCUT2D eigenvalue weighted by Gasteiger charge is -2.03. The van der Waals surface area contributed by atoms with Gasteiger partial charge in [-0.05, 0) is 31.3 Å². The zero-order valence-corrected chi connectivity index (χ0v) is 7.09. The van der Waals surface area contributed by atoms with Gasteiger partial charge < -0.3 is 5.11 Å². The molecule has 1 rings (SSSR count). The maximum Gasteiger partial charge on any atom is 0.0756 e. The molecular weight excluding hydrogens is 136 g/mol. The Balaban J connectivity index is 2.31. The molecule has 0 bridgehead atoms. The minimum atomic E-state index is -0.156. The second-order valence-corrected chi connectivity index (χ2v) is 2.96. The first kappa shape index (κ1) is 8.54. The van der Waals surface area contributed by atoms with Crippen LogP contribution in [0, 0.1) is 0 Å². The second kappa shape index (κ2) is 4.35. The average Bonchev–Trinajstić information content (AvgIpc) is 2.37. The van der Waals surface area contributed by atoms with E-state index in [4.69, 9.17) is 0 Å².